The molecule has 0 aliphatic rings. The number of rotatable bonds is 7. The van der Waals surface area contributed by atoms with E-state index in [-0.39, 0.29) is 5.91 Å². The molecule has 0 spiro atoms. The van der Waals surface area contributed by atoms with Crippen molar-refractivity contribution >= 4 is 28.9 Å². The maximum Gasteiger partial charge on any atom is 0.222 e. The summed E-state index contributed by atoms with van der Waals surface area (Å²) in [6.07, 6.45) is 0.417. The van der Waals surface area contributed by atoms with E-state index in [4.69, 9.17) is 11.6 Å². The highest BCUT2D eigenvalue weighted by molar-refractivity contribution is 6.31. The molecular formula is C18H22ClN3O. The molecule has 122 valence electrons. The predicted octanol–water partition coefficient (Wildman–Crippen LogP) is 3.52. The van der Waals surface area contributed by atoms with Crippen molar-refractivity contribution in [2.75, 3.05) is 30.9 Å². The fourth-order valence-corrected chi connectivity index (χ4v) is 2.32. The summed E-state index contributed by atoms with van der Waals surface area (Å²) in [5.74, 6) is 0.00216. The smallest absolute Gasteiger partial charge is 0.222 e. The molecule has 0 saturated heterocycles. The summed E-state index contributed by atoms with van der Waals surface area (Å²) in [6, 6.07) is 15.6. The number of halogens is 1. The van der Waals surface area contributed by atoms with Crippen LogP contribution in [0.15, 0.2) is 48.5 Å². The topological polar surface area (TPSA) is 44.4 Å². The number of nitrogens with one attached hydrogen (secondary N) is 2. The molecule has 0 fully saturated rings. The molecule has 23 heavy (non-hydrogen) atoms. The zero-order chi connectivity index (χ0) is 16.7. The Balaban J connectivity index is 1.71. The molecule has 2 aromatic carbocycles. The molecule has 4 nitrogen and oxygen atoms in total. The largest absolute Gasteiger partial charge is 0.385 e. The van der Waals surface area contributed by atoms with Crippen LogP contribution in [0.2, 0.25) is 5.02 Å². The Labute approximate surface area is 142 Å². The minimum Gasteiger partial charge on any atom is -0.385 e. The molecule has 0 radical (unpaired) electrons. The number of amides is 1. The molecule has 0 atom stereocenters. The minimum atomic E-state index is 0.00216. The summed E-state index contributed by atoms with van der Waals surface area (Å²) in [7, 11) is 4.01. The van der Waals surface area contributed by atoms with E-state index in [0.29, 0.717) is 24.5 Å². The number of hydrogen-bond donors (Lipinski definition) is 2. The van der Waals surface area contributed by atoms with Gasteiger partial charge >= 0.3 is 0 Å². The minimum absolute atomic E-state index is 0.00216. The first-order valence-corrected chi connectivity index (χ1v) is 7.95. The van der Waals surface area contributed by atoms with Gasteiger partial charge in [0.05, 0.1) is 0 Å². The first-order chi connectivity index (χ1) is 11.1. The van der Waals surface area contributed by atoms with Crippen LogP contribution in [0.5, 0.6) is 0 Å². The number of carbonyl (C=O) groups excluding carboxylic acids is 1. The van der Waals surface area contributed by atoms with Crippen molar-refractivity contribution in [1.82, 2.24) is 5.32 Å². The van der Waals surface area contributed by atoms with Gasteiger partial charge in [-0.3, -0.25) is 4.79 Å². The lowest BCUT2D eigenvalue weighted by Gasteiger charge is -2.13. The van der Waals surface area contributed by atoms with Gasteiger partial charge in [-0.15, -0.1) is 0 Å². The number of benzene rings is 2. The van der Waals surface area contributed by atoms with Gasteiger partial charge in [0.1, 0.15) is 0 Å². The van der Waals surface area contributed by atoms with Gasteiger partial charge in [0.25, 0.3) is 0 Å². The molecule has 0 unspecified atom stereocenters. The molecule has 0 heterocycles. The van der Waals surface area contributed by atoms with Gasteiger partial charge in [-0.25, -0.2) is 0 Å². The molecule has 0 aliphatic heterocycles. The van der Waals surface area contributed by atoms with Gasteiger partial charge in [0, 0.05) is 50.0 Å². The van der Waals surface area contributed by atoms with Crippen molar-refractivity contribution < 1.29 is 4.79 Å². The van der Waals surface area contributed by atoms with Gasteiger partial charge in [0.2, 0.25) is 5.91 Å². The lowest BCUT2D eigenvalue weighted by atomic mass is 10.2. The standard InChI is InChI=1S/C18H22ClN3O/c1-22(2)16-9-7-15(8-10-16)20-12-11-18(23)21-13-14-5-3-4-6-17(14)19/h3-10,20H,11-13H2,1-2H3,(H,21,23). The first kappa shape index (κ1) is 17.2. The summed E-state index contributed by atoms with van der Waals surface area (Å²) in [5.41, 5.74) is 3.08. The van der Waals surface area contributed by atoms with E-state index < -0.39 is 0 Å². The molecule has 0 aliphatic carbocycles. The van der Waals surface area contributed by atoms with E-state index in [1.54, 1.807) is 0 Å². The van der Waals surface area contributed by atoms with Crippen LogP contribution in [0.1, 0.15) is 12.0 Å². The summed E-state index contributed by atoms with van der Waals surface area (Å²) in [4.78, 5) is 13.9. The Bertz CT molecular complexity index is 641. The summed E-state index contributed by atoms with van der Waals surface area (Å²) in [6.45, 7) is 1.05. The molecular weight excluding hydrogens is 310 g/mol. The third kappa shape index (κ3) is 5.49. The Morgan fingerprint density at radius 3 is 2.43 bits per heavy atom. The van der Waals surface area contributed by atoms with Crippen molar-refractivity contribution in [3.63, 3.8) is 0 Å². The lowest BCUT2D eigenvalue weighted by molar-refractivity contribution is -0.121. The van der Waals surface area contributed by atoms with Crippen LogP contribution in [-0.2, 0) is 11.3 Å². The van der Waals surface area contributed by atoms with Crippen LogP contribution in [0.4, 0.5) is 11.4 Å². The fourth-order valence-electron chi connectivity index (χ4n) is 2.12. The fraction of sp³-hybridized carbons (Fsp3) is 0.278. The van der Waals surface area contributed by atoms with Gasteiger partial charge in [0.15, 0.2) is 0 Å². The average Bonchev–Trinajstić information content (AvgIpc) is 2.54. The maximum absolute atomic E-state index is 11.9. The second-order valence-corrected chi connectivity index (χ2v) is 5.89. The van der Waals surface area contributed by atoms with E-state index in [0.717, 1.165) is 16.9 Å². The second kappa shape index (κ2) is 8.44. The number of hydrogen-bond acceptors (Lipinski definition) is 3. The monoisotopic (exact) mass is 331 g/mol. The van der Waals surface area contributed by atoms with E-state index in [2.05, 4.69) is 10.6 Å². The molecule has 0 bridgehead atoms. The Morgan fingerprint density at radius 1 is 1.09 bits per heavy atom. The predicted molar refractivity (Wildman–Crippen MR) is 97.2 cm³/mol. The van der Waals surface area contributed by atoms with Crippen LogP contribution in [0.3, 0.4) is 0 Å². The van der Waals surface area contributed by atoms with Crippen LogP contribution in [0, 0.1) is 0 Å². The van der Waals surface area contributed by atoms with E-state index in [1.807, 2.05) is 67.5 Å². The van der Waals surface area contributed by atoms with Crippen molar-refractivity contribution in [1.29, 1.82) is 0 Å². The molecule has 1 amide bonds. The van der Waals surface area contributed by atoms with E-state index in [1.165, 1.54) is 0 Å². The average molecular weight is 332 g/mol. The normalized spacial score (nSPS) is 10.2. The highest BCUT2D eigenvalue weighted by Crippen LogP contribution is 2.16. The highest BCUT2D eigenvalue weighted by atomic mass is 35.5. The van der Waals surface area contributed by atoms with Crippen molar-refractivity contribution in [2.45, 2.75) is 13.0 Å². The Morgan fingerprint density at radius 2 is 1.78 bits per heavy atom. The number of nitrogens with zero attached hydrogens (tertiary/aromatic N) is 1. The maximum atomic E-state index is 11.9. The number of anilines is 2. The van der Waals surface area contributed by atoms with Crippen LogP contribution in [-0.4, -0.2) is 26.5 Å². The summed E-state index contributed by atoms with van der Waals surface area (Å²) < 4.78 is 0. The van der Waals surface area contributed by atoms with Crippen LogP contribution in [0.25, 0.3) is 0 Å². The Kier molecular flexibility index (Phi) is 6.29. The molecule has 5 heteroatoms. The van der Waals surface area contributed by atoms with Crippen molar-refractivity contribution in [3.05, 3.63) is 59.1 Å². The quantitative estimate of drug-likeness (QED) is 0.816. The molecule has 2 N–H and O–H groups in total. The van der Waals surface area contributed by atoms with E-state index in [9.17, 15) is 4.79 Å². The zero-order valence-electron chi connectivity index (χ0n) is 13.5. The zero-order valence-corrected chi connectivity index (χ0v) is 14.2. The van der Waals surface area contributed by atoms with Crippen molar-refractivity contribution in [2.24, 2.45) is 0 Å². The highest BCUT2D eigenvalue weighted by Gasteiger charge is 2.04. The third-order valence-corrected chi connectivity index (χ3v) is 3.87. The number of carbonyl (C=O) groups is 1. The van der Waals surface area contributed by atoms with Crippen molar-refractivity contribution in [3.8, 4) is 0 Å². The van der Waals surface area contributed by atoms with E-state index >= 15 is 0 Å². The van der Waals surface area contributed by atoms with Gasteiger partial charge in [-0.2, -0.15) is 0 Å². The molecule has 2 rings (SSSR count). The Hall–Kier alpha value is -2.20. The van der Waals surface area contributed by atoms with Gasteiger partial charge in [-0.05, 0) is 35.9 Å². The molecule has 0 saturated carbocycles. The summed E-state index contributed by atoms with van der Waals surface area (Å²) >= 11 is 6.06. The molecule has 2 aromatic rings. The lowest BCUT2D eigenvalue weighted by Crippen LogP contribution is -2.25. The SMILES string of the molecule is CN(C)c1ccc(NCCC(=O)NCc2ccccc2Cl)cc1. The van der Waals surface area contributed by atoms with Gasteiger partial charge < -0.3 is 15.5 Å². The van der Waals surface area contributed by atoms with Crippen LogP contribution >= 0.6 is 11.6 Å². The molecule has 0 aromatic heterocycles. The van der Waals surface area contributed by atoms with Gasteiger partial charge in [-0.1, -0.05) is 29.8 Å². The van der Waals surface area contributed by atoms with Crippen LogP contribution < -0.4 is 15.5 Å². The third-order valence-electron chi connectivity index (χ3n) is 3.50. The summed E-state index contributed by atoms with van der Waals surface area (Å²) in [5, 5.41) is 6.80. The second-order valence-electron chi connectivity index (χ2n) is 5.49. The first-order valence-electron chi connectivity index (χ1n) is 7.57.